The minimum Gasteiger partial charge on any atom is -0.484 e. The van der Waals surface area contributed by atoms with Crippen LogP contribution in [0.5, 0.6) is 5.75 Å². The monoisotopic (exact) mass is 472 g/mol. The molecule has 3 aromatic carbocycles. The van der Waals surface area contributed by atoms with Gasteiger partial charge in [-0.05, 0) is 78.9 Å². The van der Waals surface area contributed by atoms with Crippen LogP contribution in [-0.2, 0) is 20.8 Å². The first kappa shape index (κ1) is 25.2. The Balaban J connectivity index is 1.37. The molecule has 180 valence electrons. The van der Waals surface area contributed by atoms with Crippen LogP contribution in [0.3, 0.4) is 0 Å². The molecule has 3 amide bonds. The van der Waals surface area contributed by atoms with Crippen LogP contribution in [0.1, 0.15) is 22.3 Å². The molecule has 8 nitrogen and oxygen atoms in total. The maximum Gasteiger partial charge on any atom is 0.329 e. The third-order valence-electron chi connectivity index (χ3n) is 5.17. The molecule has 3 rings (SSSR count). The number of nitrogens with zero attached hydrogens (tertiary/aromatic N) is 1. The number of hydrogen-bond donors (Lipinski definition) is 3. The van der Waals surface area contributed by atoms with Gasteiger partial charge in [0.1, 0.15) is 5.75 Å². The van der Waals surface area contributed by atoms with Crippen molar-refractivity contribution in [2.24, 2.45) is 5.10 Å². The number of nitrogens with one attached hydrogen (secondary N) is 3. The number of ether oxygens (including phenoxy) is 1. The molecule has 3 N–H and O–H groups in total. The zero-order valence-electron chi connectivity index (χ0n) is 19.7. The molecular formula is C27H28N4O4. The van der Waals surface area contributed by atoms with E-state index in [0.29, 0.717) is 24.3 Å². The number of anilines is 1. The Morgan fingerprint density at radius 3 is 2.34 bits per heavy atom. The van der Waals surface area contributed by atoms with Crippen molar-refractivity contribution in [2.45, 2.75) is 20.3 Å². The summed E-state index contributed by atoms with van der Waals surface area (Å²) >= 11 is 0. The highest BCUT2D eigenvalue weighted by Crippen LogP contribution is 2.15. The van der Waals surface area contributed by atoms with Crippen molar-refractivity contribution in [2.75, 3.05) is 18.5 Å². The van der Waals surface area contributed by atoms with Crippen molar-refractivity contribution in [3.63, 3.8) is 0 Å². The van der Waals surface area contributed by atoms with Crippen molar-refractivity contribution in [3.8, 4) is 5.75 Å². The van der Waals surface area contributed by atoms with E-state index in [4.69, 9.17) is 4.74 Å². The number of benzene rings is 3. The number of hydrogen-bond acceptors (Lipinski definition) is 5. The molecule has 0 unspecified atom stereocenters. The van der Waals surface area contributed by atoms with Crippen LogP contribution in [0, 0.1) is 13.8 Å². The van der Waals surface area contributed by atoms with Crippen molar-refractivity contribution < 1.29 is 19.1 Å². The second kappa shape index (κ2) is 12.7. The fraction of sp³-hybridized carbons (Fsp3) is 0.185. The first-order valence-electron chi connectivity index (χ1n) is 11.2. The average molecular weight is 473 g/mol. The van der Waals surface area contributed by atoms with Gasteiger partial charge in [0.15, 0.2) is 6.61 Å². The summed E-state index contributed by atoms with van der Waals surface area (Å²) in [4.78, 5) is 35.8. The van der Waals surface area contributed by atoms with Crippen LogP contribution in [0.4, 0.5) is 5.69 Å². The van der Waals surface area contributed by atoms with Gasteiger partial charge in [0.25, 0.3) is 5.91 Å². The molecule has 0 heterocycles. The van der Waals surface area contributed by atoms with Gasteiger partial charge < -0.3 is 15.4 Å². The molecular weight excluding hydrogens is 444 g/mol. The van der Waals surface area contributed by atoms with E-state index in [1.165, 1.54) is 6.21 Å². The number of carbonyl (C=O) groups is 3. The van der Waals surface area contributed by atoms with Crippen molar-refractivity contribution in [3.05, 3.63) is 95.1 Å². The molecule has 3 aromatic rings. The Hall–Kier alpha value is -4.46. The van der Waals surface area contributed by atoms with Gasteiger partial charge in [-0.3, -0.25) is 14.4 Å². The summed E-state index contributed by atoms with van der Waals surface area (Å²) in [7, 11) is 0. The van der Waals surface area contributed by atoms with Gasteiger partial charge in [-0.1, -0.05) is 36.4 Å². The lowest BCUT2D eigenvalue weighted by molar-refractivity contribution is -0.139. The first-order chi connectivity index (χ1) is 16.9. The average Bonchev–Trinajstić information content (AvgIpc) is 2.86. The maximum absolute atomic E-state index is 12.1. The Bertz CT molecular complexity index is 1190. The smallest absolute Gasteiger partial charge is 0.329 e. The van der Waals surface area contributed by atoms with E-state index in [9.17, 15) is 14.4 Å². The summed E-state index contributed by atoms with van der Waals surface area (Å²) in [5.74, 6) is -1.34. The van der Waals surface area contributed by atoms with Crippen molar-refractivity contribution >= 4 is 29.6 Å². The second-order valence-corrected chi connectivity index (χ2v) is 7.90. The minimum atomic E-state index is -0.843. The van der Waals surface area contributed by atoms with Gasteiger partial charge in [-0.2, -0.15) is 5.10 Å². The summed E-state index contributed by atoms with van der Waals surface area (Å²) < 4.78 is 5.51. The Kier molecular flexibility index (Phi) is 9.13. The minimum absolute atomic E-state index is 0.129. The van der Waals surface area contributed by atoms with Gasteiger partial charge in [0.2, 0.25) is 0 Å². The van der Waals surface area contributed by atoms with E-state index in [2.05, 4.69) is 21.2 Å². The number of aryl methyl sites for hydroxylation is 2. The van der Waals surface area contributed by atoms with E-state index >= 15 is 0 Å². The molecule has 0 saturated carbocycles. The number of rotatable bonds is 9. The van der Waals surface area contributed by atoms with E-state index in [1.54, 1.807) is 24.3 Å². The summed E-state index contributed by atoms with van der Waals surface area (Å²) in [5.41, 5.74) is 6.93. The molecule has 0 aliphatic carbocycles. The van der Waals surface area contributed by atoms with Gasteiger partial charge in [-0.25, -0.2) is 5.43 Å². The van der Waals surface area contributed by atoms with Gasteiger partial charge in [0, 0.05) is 12.2 Å². The number of hydrazone groups is 1. The predicted octanol–water partition coefficient (Wildman–Crippen LogP) is 3.13. The molecule has 0 atom stereocenters. The Morgan fingerprint density at radius 2 is 1.63 bits per heavy atom. The normalized spacial score (nSPS) is 10.6. The summed E-state index contributed by atoms with van der Waals surface area (Å²) in [6.07, 6.45) is 2.04. The summed E-state index contributed by atoms with van der Waals surface area (Å²) in [5, 5.41) is 9.16. The molecule has 35 heavy (non-hydrogen) atoms. The molecule has 0 saturated heterocycles. The molecule has 0 fully saturated rings. The quantitative estimate of drug-likeness (QED) is 0.253. The van der Waals surface area contributed by atoms with Crippen LogP contribution in [0.15, 0.2) is 77.9 Å². The lowest BCUT2D eigenvalue weighted by Gasteiger charge is -2.09. The van der Waals surface area contributed by atoms with Crippen LogP contribution in [-0.4, -0.2) is 37.1 Å². The standard InChI is InChI=1S/C27H28N4O4/c1-19-8-11-23(16-20(19)2)30-25(32)18-35-24-12-9-22(10-13-24)17-29-31-27(34)26(33)28-15-14-21-6-4-3-5-7-21/h3-13,16-17H,14-15,18H2,1-2H3,(H,28,33)(H,30,32)(H,31,34)/b29-17-. The highest BCUT2D eigenvalue weighted by atomic mass is 16.5. The molecule has 0 aliphatic heterocycles. The lowest BCUT2D eigenvalue weighted by atomic mass is 10.1. The van der Waals surface area contributed by atoms with Crippen molar-refractivity contribution in [1.82, 2.24) is 10.7 Å². The van der Waals surface area contributed by atoms with Gasteiger partial charge in [-0.15, -0.1) is 0 Å². The molecule has 8 heteroatoms. The third-order valence-corrected chi connectivity index (χ3v) is 5.17. The zero-order valence-corrected chi connectivity index (χ0v) is 19.7. The van der Waals surface area contributed by atoms with Gasteiger partial charge >= 0.3 is 11.8 Å². The molecule has 0 radical (unpaired) electrons. The highest BCUT2D eigenvalue weighted by molar-refractivity contribution is 6.35. The molecule has 0 aliphatic rings. The molecule has 0 spiro atoms. The Morgan fingerprint density at radius 1 is 0.886 bits per heavy atom. The van der Waals surface area contributed by atoms with Crippen LogP contribution in [0.2, 0.25) is 0 Å². The van der Waals surface area contributed by atoms with Crippen LogP contribution in [0.25, 0.3) is 0 Å². The number of carbonyl (C=O) groups excluding carboxylic acids is 3. The van der Waals surface area contributed by atoms with Crippen LogP contribution >= 0.6 is 0 Å². The van der Waals surface area contributed by atoms with E-state index in [0.717, 1.165) is 22.4 Å². The second-order valence-electron chi connectivity index (χ2n) is 7.90. The SMILES string of the molecule is Cc1ccc(NC(=O)COc2ccc(/C=N\NC(=O)C(=O)NCCc3ccccc3)cc2)cc1C. The zero-order chi connectivity index (χ0) is 25.0. The fourth-order valence-corrected chi connectivity index (χ4v) is 3.08. The molecule has 0 bridgehead atoms. The third kappa shape index (κ3) is 8.43. The van der Waals surface area contributed by atoms with Crippen molar-refractivity contribution in [1.29, 1.82) is 0 Å². The lowest BCUT2D eigenvalue weighted by Crippen LogP contribution is -2.38. The van der Waals surface area contributed by atoms with Crippen LogP contribution < -0.4 is 20.8 Å². The van der Waals surface area contributed by atoms with E-state index in [-0.39, 0.29) is 12.5 Å². The van der Waals surface area contributed by atoms with E-state index < -0.39 is 11.8 Å². The van der Waals surface area contributed by atoms with E-state index in [1.807, 2.05) is 62.4 Å². The predicted molar refractivity (Wildman–Crippen MR) is 135 cm³/mol. The van der Waals surface area contributed by atoms with Gasteiger partial charge in [0.05, 0.1) is 6.21 Å². The number of amides is 3. The largest absolute Gasteiger partial charge is 0.484 e. The summed E-state index contributed by atoms with van der Waals surface area (Å²) in [6.45, 7) is 4.22. The fourth-order valence-electron chi connectivity index (χ4n) is 3.08. The topological polar surface area (TPSA) is 109 Å². The highest BCUT2D eigenvalue weighted by Gasteiger charge is 2.11. The molecule has 0 aromatic heterocycles. The first-order valence-corrected chi connectivity index (χ1v) is 11.2. The maximum atomic E-state index is 12.1. The Labute approximate surface area is 204 Å². The summed E-state index contributed by atoms with van der Waals surface area (Å²) in [6, 6.07) is 22.2.